The van der Waals surface area contributed by atoms with Crippen LogP contribution in [0.5, 0.6) is 5.75 Å². The zero-order chi connectivity index (χ0) is 20.5. The highest BCUT2D eigenvalue weighted by Gasteiger charge is 2.19. The van der Waals surface area contributed by atoms with E-state index in [1.165, 1.54) is 30.9 Å². The first-order valence-corrected chi connectivity index (χ1v) is 9.70. The summed E-state index contributed by atoms with van der Waals surface area (Å²) in [6, 6.07) is 12.7. The molecule has 0 aliphatic heterocycles. The van der Waals surface area contributed by atoms with Crippen LogP contribution in [0.2, 0.25) is 0 Å². The summed E-state index contributed by atoms with van der Waals surface area (Å²) in [5.41, 5.74) is 0.901. The maximum Gasteiger partial charge on any atom is 0.299 e. The molecule has 0 amide bonds. The van der Waals surface area contributed by atoms with Gasteiger partial charge < -0.3 is 5.11 Å². The number of aromatic hydroxyl groups is 1. The molecular formula is C18H19N5O4S. The Labute approximate surface area is 161 Å². The van der Waals surface area contributed by atoms with Gasteiger partial charge in [0.15, 0.2) is 5.69 Å². The van der Waals surface area contributed by atoms with Crippen molar-refractivity contribution in [2.45, 2.75) is 11.8 Å². The van der Waals surface area contributed by atoms with Crippen LogP contribution in [0.3, 0.4) is 0 Å². The number of hydrogen-bond acceptors (Lipinski definition) is 6. The molecule has 3 rings (SSSR count). The fourth-order valence-electron chi connectivity index (χ4n) is 2.48. The molecule has 146 valence electrons. The number of phenolic OH excluding ortho intramolecular Hbond substituents is 1. The van der Waals surface area contributed by atoms with Gasteiger partial charge in [0.1, 0.15) is 11.4 Å². The topological polar surface area (TPSA) is 120 Å². The summed E-state index contributed by atoms with van der Waals surface area (Å²) in [7, 11) is -0.891. The molecule has 0 fully saturated rings. The van der Waals surface area contributed by atoms with E-state index in [1.807, 2.05) is 6.07 Å². The first kappa shape index (κ1) is 19.5. The van der Waals surface area contributed by atoms with Crippen molar-refractivity contribution in [1.29, 1.82) is 0 Å². The highest BCUT2D eigenvalue weighted by molar-refractivity contribution is 7.89. The van der Waals surface area contributed by atoms with E-state index in [-0.39, 0.29) is 22.0 Å². The van der Waals surface area contributed by atoms with E-state index in [1.54, 1.807) is 31.2 Å². The zero-order valence-electron chi connectivity index (χ0n) is 15.5. The lowest BCUT2D eigenvalue weighted by Gasteiger charge is -2.11. The number of hydrogen-bond donors (Lipinski definition) is 2. The first-order chi connectivity index (χ1) is 13.2. The first-order valence-electron chi connectivity index (χ1n) is 8.26. The number of aryl methyl sites for hydroxylation is 1. The summed E-state index contributed by atoms with van der Waals surface area (Å²) in [6.45, 7) is 1.68. The summed E-state index contributed by atoms with van der Waals surface area (Å²) in [4.78, 5) is 12.5. The van der Waals surface area contributed by atoms with Crippen LogP contribution in [0.15, 0.2) is 68.4 Å². The minimum Gasteiger partial charge on any atom is -0.506 e. The van der Waals surface area contributed by atoms with Crippen LogP contribution in [-0.2, 0) is 10.0 Å². The van der Waals surface area contributed by atoms with Crippen LogP contribution in [0.4, 0.5) is 11.4 Å². The SMILES string of the molecule is Cc1[nH]n(-c2ccccc2)c(=O)c1N=Nc1ccc(S(=O)(=O)N(C)C)cc1O. The second-order valence-corrected chi connectivity index (χ2v) is 8.35. The van der Waals surface area contributed by atoms with Gasteiger partial charge in [-0.1, -0.05) is 18.2 Å². The van der Waals surface area contributed by atoms with Crippen molar-refractivity contribution in [2.24, 2.45) is 10.2 Å². The van der Waals surface area contributed by atoms with E-state index < -0.39 is 15.6 Å². The maximum absolute atomic E-state index is 12.6. The lowest BCUT2D eigenvalue weighted by Crippen LogP contribution is -2.22. The van der Waals surface area contributed by atoms with Gasteiger partial charge in [0.05, 0.1) is 16.3 Å². The summed E-state index contributed by atoms with van der Waals surface area (Å²) in [5.74, 6) is -0.358. The number of H-pyrrole nitrogens is 1. The summed E-state index contributed by atoms with van der Waals surface area (Å²) in [5, 5.41) is 20.9. The van der Waals surface area contributed by atoms with Crippen molar-refractivity contribution >= 4 is 21.4 Å². The summed E-state index contributed by atoms with van der Waals surface area (Å²) >= 11 is 0. The molecule has 0 saturated heterocycles. The van der Waals surface area contributed by atoms with Crippen LogP contribution in [0.25, 0.3) is 5.69 Å². The Morgan fingerprint density at radius 3 is 2.36 bits per heavy atom. The number of phenols is 1. The van der Waals surface area contributed by atoms with Crippen molar-refractivity contribution in [1.82, 2.24) is 14.1 Å². The second-order valence-electron chi connectivity index (χ2n) is 6.20. The van der Waals surface area contributed by atoms with E-state index >= 15 is 0 Å². The molecule has 0 radical (unpaired) electrons. The molecule has 0 bridgehead atoms. The quantitative estimate of drug-likeness (QED) is 0.639. The van der Waals surface area contributed by atoms with Crippen LogP contribution in [-0.4, -0.2) is 41.7 Å². The molecule has 2 N–H and O–H groups in total. The van der Waals surface area contributed by atoms with Crippen molar-refractivity contribution in [3.8, 4) is 11.4 Å². The minimum atomic E-state index is -3.68. The van der Waals surface area contributed by atoms with Crippen molar-refractivity contribution in [2.75, 3.05) is 14.1 Å². The Bertz CT molecular complexity index is 1190. The Morgan fingerprint density at radius 1 is 1.07 bits per heavy atom. The molecular weight excluding hydrogens is 382 g/mol. The van der Waals surface area contributed by atoms with Gasteiger partial charge in [-0.05, 0) is 31.2 Å². The van der Waals surface area contributed by atoms with Crippen molar-refractivity contribution in [3.05, 3.63) is 64.6 Å². The number of para-hydroxylation sites is 1. The molecule has 0 saturated carbocycles. The van der Waals surface area contributed by atoms with E-state index in [0.29, 0.717) is 11.4 Å². The van der Waals surface area contributed by atoms with E-state index in [4.69, 9.17) is 0 Å². The highest BCUT2D eigenvalue weighted by Crippen LogP contribution is 2.31. The molecule has 1 aromatic heterocycles. The average molecular weight is 401 g/mol. The third-order valence-electron chi connectivity index (χ3n) is 4.04. The van der Waals surface area contributed by atoms with Crippen LogP contribution < -0.4 is 5.56 Å². The fraction of sp³-hybridized carbons (Fsp3) is 0.167. The molecule has 0 atom stereocenters. The van der Waals surface area contributed by atoms with Gasteiger partial charge in [0.2, 0.25) is 10.0 Å². The largest absolute Gasteiger partial charge is 0.506 e. The normalized spacial score (nSPS) is 12.1. The van der Waals surface area contributed by atoms with Gasteiger partial charge in [-0.25, -0.2) is 17.4 Å². The monoisotopic (exact) mass is 401 g/mol. The number of nitrogens with zero attached hydrogens (tertiary/aromatic N) is 4. The van der Waals surface area contributed by atoms with Crippen molar-refractivity contribution in [3.63, 3.8) is 0 Å². The minimum absolute atomic E-state index is 0.0453. The molecule has 0 aliphatic rings. The molecule has 3 aromatic rings. The summed E-state index contributed by atoms with van der Waals surface area (Å²) in [6.07, 6.45) is 0. The smallest absolute Gasteiger partial charge is 0.299 e. The Kier molecular flexibility index (Phi) is 5.16. The number of aromatic nitrogens is 2. The maximum atomic E-state index is 12.6. The third kappa shape index (κ3) is 3.59. The second kappa shape index (κ2) is 7.41. The zero-order valence-corrected chi connectivity index (χ0v) is 16.3. The number of azo groups is 1. The standard InChI is InChI=1S/C18H19N5O4S/c1-12-17(18(25)23(21-12)13-7-5-4-6-8-13)20-19-15-10-9-14(11-16(15)24)28(26,27)22(2)3/h4-11,21,24H,1-3H3. The third-order valence-corrected chi connectivity index (χ3v) is 5.85. The number of rotatable bonds is 5. The molecule has 0 aliphatic carbocycles. The highest BCUT2D eigenvalue weighted by atomic mass is 32.2. The predicted octanol–water partition coefficient (Wildman–Crippen LogP) is 2.85. The van der Waals surface area contributed by atoms with Crippen molar-refractivity contribution < 1.29 is 13.5 Å². The van der Waals surface area contributed by atoms with E-state index in [9.17, 15) is 18.3 Å². The van der Waals surface area contributed by atoms with Gasteiger partial charge in [-0.2, -0.15) is 0 Å². The molecule has 2 aromatic carbocycles. The number of nitrogens with one attached hydrogen (secondary N) is 1. The fourth-order valence-corrected chi connectivity index (χ4v) is 3.40. The Balaban J connectivity index is 1.95. The number of benzene rings is 2. The number of aromatic amines is 1. The Morgan fingerprint density at radius 2 is 1.75 bits per heavy atom. The van der Waals surface area contributed by atoms with E-state index in [0.717, 1.165) is 10.4 Å². The number of sulfonamides is 1. The molecule has 0 spiro atoms. The van der Waals surface area contributed by atoms with Crippen LogP contribution in [0.1, 0.15) is 5.69 Å². The molecule has 28 heavy (non-hydrogen) atoms. The van der Waals surface area contributed by atoms with E-state index in [2.05, 4.69) is 15.3 Å². The van der Waals surface area contributed by atoms with Crippen LogP contribution in [0, 0.1) is 6.92 Å². The molecule has 0 unspecified atom stereocenters. The van der Waals surface area contributed by atoms with Gasteiger partial charge in [-0.15, -0.1) is 10.2 Å². The predicted molar refractivity (Wildman–Crippen MR) is 104 cm³/mol. The molecule has 10 heteroatoms. The van der Waals surface area contributed by atoms with Gasteiger partial charge in [0.25, 0.3) is 5.56 Å². The average Bonchev–Trinajstić information content (AvgIpc) is 2.95. The lowest BCUT2D eigenvalue weighted by molar-refractivity contribution is 0.472. The lowest BCUT2D eigenvalue weighted by atomic mass is 10.3. The van der Waals surface area contributed by atoms with Gasteiger partial charge in [-0.3, -0.25) is 9.89 Å². The van der Waals surface area contributed by atoms with Gasteiger partial charge >= 0.3 is 0 Å². The molecule has 1 heterocycles. The van der Waals surface area contributed by atoms with Gasteiger partial charge in [0, 0.05) is 20.2 Å². The Hall–Kier alpha value is -3.24. The summed E-state index contributed by atoms with van der Waals surface area (Å²) < 4.78 is 26.6. The molecule has 9 nitrogen and oxygen atoms in total. The van der Waals surface area contributed by atoms with Crippen LogP contribution >= 0.6 is 0 Å².